The first-order valence-electron chi connectivity index (χ1n) is 8.53. The van der Waals surface area contributed by atoms with Crippen LogP contribution in [0.5, 0.6) is 0 Å². The Morgan fingerprint density at radius 2 is 1.96 bits per heavy atom. The summed E-state index contributed by atoms with van der Waals surface area (Å²) in [5.74, 6) is 2.29. The van der Waals surface area contributed by atoms with Gasteiger partial charge in [0.2, 0.25) is 11.9 Å². The van der Waals surface area contributed by atoms with E-state index >= 15 is 0 Å². The van der Waals surface area contributed by atoms with Crippen molar-refractivity contribution in [3.63, 3.8) is 0 Å². The van der Waals surface area contributed by atoms with Crippen molar-refractivity contribution < 1.29 is 4.79 Å². The molecule has 0 aliphatic carbocycles. The Morgan fingerprint density at radius 1 is 1.20 bits per heavy atom. The van der Waals surface area contributed by atoms with Crippen molar-refractivity contribution in [1.82, 2.24) is 15.0 Å². The molecule has 25 heavy (non-hydrogen) atoms. The van der Waals surface area contributed by atoms with Gasteiger partial charge in [0.15, 0.2) is 0 Å². The maximum Gasteiger partial charge on any atom is 0.228 e. The van der Waals surface area contributed by atoms with E-state index in [0.29, 0.717) is 11.8 Å². The van der Waals surface area contributed by atoms with Gasteiger partial charge >= 0.3 is 0 Å². The van der Waals surface area contributed by atoms with Crippen LogP contribution in [0.3, 0.4) is 0 Å². The van der Waals surface area contributed by atoms with E-state index in [1.165, 1.54) is 0 Å². The zero-order valence-electron chi connectivity index (χ0n) is 14.9. The van der Waals surface area contributed by atoms with Crippen molar-refractivity contribution in [2.75, 3.05) is 42.3 Å². The smallest absolute Gasteiger partial charge is 0.228 e. The van der Waals surface area contributed by atoms with Crippen LogP contribution in [0, 0.1) is 12.8 Å². The monoisotopic (exact) mass is 340 g/mol. The summed E-state index contributed by atoms with van der Waals surface area (Å²) in [5.41, 5.74) is 0.896. The lowest BCUT2D eigenvalue weighted by atomic mass is 9.96. The summed E-state index contributed by atoms with van der Waals surface area (Å²) in [5, 5.41) is 2.93. The summed E-state index contributed by atoms with van der Waals surface area (Å²) in [7, 11) is 3.85. The number of hydrogen-bond donors (Lipinski definition) is 1. The molecular weight excluding hydrogens is 316 g/mol. The second kappa shape index (κ2) is 7.46. The minimum Gasteiger partial charge on any atom is -0.356 e. The fourth-order valence-electron chi connectivity index (χ4n) is 2.94. The molecule has 1 saturated heterocycles. The average Bonchev–Trinajstić information content (AvgIpc) is 2.62. The molecule has 1 fully saturated rings. The van der Waals surface area contributed by atoms with Crippen LogP contribution in [0.25, 0.3) is 0 Å². The minimum absolute atomic E-state index is 0.00807. The number of aryl methyl sites for hydroxylation is 1. The molecule has 2 aromatic rings. The molecule has 7 heteroatoms. The Hall–Kier alpha value is -2.70. The number of nitrogens with zero attached hydrogens (tertiary/aromatic N) is 5. The largest absolute Gasteiger partial charge is 0.356 e. The first kappa shape index (κ1) is 17.1. The fraction of sp³-hybridized carbons (Fsp3) is 0.444. The molecule has 0 atom stereocenters. The zero-order valence-corrected chi connectivity index (χ0v) is 14.9. The second-order valence-corrected chi connectivity index (χ2v) is 6.52. The van der Waals surface area contributed by atoms with Gasteiger partial charge in [-0.25, -0.2) is 9.97 Å². The number of nitrogens with one attached hydrogen (secondary N) is 1. The normalized spacial score (nSPS) is 15.1. The van der Waals surface area contributed by atoms with Crippen LogP contribution < -0.4 is 15.1 Å². The van der Waals surface area contributed by atoms with E-state index in [9.17, 15) is 4.79 Å². The number of rotatable bonds is 4. The molecule has 0 aromatic carbocycles. The third-order valence-corrected chi connectivity index (χ3v) is 4.36. The van der Waals surface area contributed by atoms with Gasteiger partial charge in [0.25, 0.3) is 0 Å². The maximum absolute atomic E-state index is 12.5. The van der Waals surface area contributed by atoms with Gasteiger partial charge in [0.1, 0.15) is 11.6 Å². The van der Waals surface area contributed by atoms with E-state index in [0.717, 1.165) is 37.4 Å². The van der Waals surface area contributed by atoms with E-state index in [2.05, 4.69) is 25.2 Å². The molecule has 3 heterocycles. The van der Waals surface area contributed by atoms with E-state index in [1.54, 1.807) is 6.20 Å². The van der Waals surface area contributed by atoms with Crippen LogP contribution in [0.1, 0.15) is 18.5 Å². The topological polar surface area (TPSA) is 74.2 Å². The third-order valence-electron chi connectivity index (χ3n) is 4.36. The summed E-state index contributed by atoms with van der Waals surface area (Å²) in [6, 6.07) is 7.56. The molecule has 0 bridgehead atoms. The highest BCUT2D eigenvalue weighted by Gasteiger charge is 2.26. The van der Waals surface area contributed by atoms with E-state index < -0.39 is 0 Å². The van der Waals surface area contributed by atoms with Crippen LogP contribution >= 0.6 is 0 Å². The SMILES string of the molecule is Cc1cccc(NC(=O)C2CCN(c3ccnc(N(C)C)n3)CC2)n1. The summed E-state index contributed by atoms with van der Waals surface area (Å²) >= 11 is 0. The lowest BCUT2D eigenvalue weighted by Crippen LogP contribution is -2.38. The predicted octanol–water partition coefficient (Wildman–Crippen LogP) is 2.10. The van der Waals surface area contributed by atoms with Gasteiger partial charge in [-0.1, -0.05) is 6.07 Å². The standard InChI is InChI=1S/C18H24N6O/c1-13-5-4-6-15(20-13)21-17(25)14-8-11-24(12-9-14)16-7-10-19-18(22-16)23(2)3/h4-7,10,14H,8-9,11-12H2,1-3H3,(H,20,21,25). The number of hydrogen-bond acceptors (Lipinski definition) is 6. The van der Waals surface area contributed by atoms with Crippen LogP contribution in [0.4, 0.5) is 17.6 Å². The highest BCUT2D eigenvalue weighted by atomic mass is 16.1. The second-order valence-electron chi connectivity index (χ2n) is 6.52. The molecule has 0 unspecified atom stereocenters. The predicted molar refractivity (Wildman–Crippen MR) is 98.9 cm³/mol. The number of anilines is 3. The van der Waals surface area contributed by atoms with Crippen molar-refractivity contribution in [2.24, 2.45) is 5.92 Å². The molecule has 2 aromatic heterocycles. The highest BCUT2D eigenvalue weighted by Crippen LogP contribution is 2.23. The Balaban J connectivity index is 1.58. The molecule has 7 nitrogen and oxygen atoms in total. The van der Waals surface area contributed by atoms with Crippen molar-refractivity contribution in [1.29, 1.82) is 0 Å². The van der Waals surface area contributed by atoms with Crippen molar-refractivity contribution in [2.45, 2.75) is 19.8 Å². The van der Waals surface area contributed by atoms with Crippen LogP contribution in [0.2, 0.25) is 0 Å². The third kappa shape index (κ3) is 4.23. The van der Waals surface area contributed by atoms with Gasteiger partial charge in [0.05, 0.1) is 0 Å². The van der Waals surface area contributed by atoms with Crippen molar-refractivity contribution in [3.8, 4) is 0 Å². The van der Waals surface area contributed by atoms with Gasteiger partial charge < -0.3 is 15.1 Å². The van der Waals surface area contributed by atoms with Gasteiger partial charge in [-0.15, -0.1) is 0 Å². The number of piperidine rings is 1. The van der Waals surface area contributed by atoms with Crippen LogP contribution in [0.15, 0.2) is 30.5 Å². The molecule has 1 amide bonds. The average molecular weight is 340 g/mol. The number of pyridine rings is 1. The minimum atomic E-state index is 0.00807. The number of carbonyl (C=O) groups is 1. The van der Waals surface area contributed by atoms with Gasteiger partial charge in [-0.05, 0) is 38.0 Å². The van der Waals surface area contributed by atoms with Gasteiger partial charge in [-0.3, -0.25) is 4.79 Å². The van der Waals surface area contributed by atoms with E-state index in [-0.39, 0.29) is 11.8 Å². The molecule has 1 aliphatic rings. The Kier molecular flexibility index (Phi) is 5.11. The molecular formula is C18H24N6O. The summed E-state index contributed by atoms with van der Waals surface area (Å²) in [6.07, 6.45) is 3.39. The lowest BCUT2D eigenvalue weighted by molar-refractivity contribution is -0.120. The Morgan fingerprint density at radius 3 is 2.64 bits per heavy atom. The first-order valence-corrected chi connectivity index (χ1v) is 8.53. The quantitative estimate of drug-likeness (QED) is 0.919. The van der Waals surface area contributed by atoms with Crippen LogP contribution in [-0.2, 0) is 4.79 Å². The van der Waals surface area contributed by atoms with Crippen molar-refractivity contribution in [3.05, 3.63) is 36.2 Å². The zero-order chi connectivity index (χ0) is 17.8. The maximum atomic E-state index is 12.5. The Labute approximate surface area is 148 Å². The fourth-order valence-corrected chi connectivity index (χ4v) is 2.94. The molecule has 0 saturated carbocycles. The first-order chi connectivity index (χ1) is 12.0. The van der Waals surface area contributed by atoms with Gasteiger partial charge in [-0.2, -0.15) is 4.98 Å². The summed E-state index contributed by atoms with van der Waals surface area (Å²) in [6.45, 7) is 3.53. The molecule has 1 aliphatic heterocycles. The lowest BCUT2D eigenvalue weighted by Gasteiger charge is -2.32. The molecule has 0 spiro atoms. The highest BCUT2D eigenvalue weighted by molar-refractivity contribution is 5.91. The Bertz CT molecular complexity index is 740. The molecule has 0 radical (unpaired) electrons. The number of carbonyl (C=O) groups excluding carboxylic acids is 1. The van der Waals surface area contributed by atoms with Crippen LogP contribution in [-0.4, -0.2) is 48.0 Å². The molecule has 132 valence electrons. The molecule has 1 N–H and O–H groups in total. The van der Waals surface area contributed by atoms with E-state index in [4.69, 9.17) is 0 Å². The van der Waals surface area contributed by atoms with Gasteiger partial charge in [0, 0.05) is 45.0 Å². The number of aromatic nitrogens is 3. The number of amides is 1. The van der Waals surface area contributed by atoms with Crippen molar-refractivity contribution >= 4 is 23.5 Å². The molecule has 3 rings (SSSR count). The van der Waals surface area contributed by atoms with E-state index in [1.807, 2.05) is 50.2 Å². The summed E-state index contributed by atoms with van der Waals surface area (Å²) < 4.78 is 0. The summed E-state index contributed by atoms with van der Waals surface area (Å²) in [4.78, 5) is 29.7.